The van der Waals surface area contributed by atoms with Crippen LogP contribution in [0.1, 0.15) is 22.3 Å². The van der Waals surface area contributed by atoms with Crippen molar-refractivity contribution in [2.24, 2.45) is 0 Å². The van der Waals surface area contributed by atoms with Gasteiger partial charge in [-0.2, -0.15) is 0 Å². The monoisotopic (exact) mass is 448 g/mol. The van der Waals surface area contributed by atoms with Crippen LogP contribution in [0.5, 0.6) is 23.0 Å². The van der Waals surface area contributed by atoms with Gasteiger partial charge in [-0.1, -0.05) is 30.4 Å². The molecule has 0 bridgehead atoms. The summed E-state index contributed by atoms with van der Waals surface area (Å²) in [6.07, 6.45) is 7.86. The van der Waals surface area contributed by atoms with Crippen LogP contribution in [0.2, 0.25) is 0 Å². The van der Waals surface area contributed by atoms with Gasteiger partial charge < -0.3 is 33.1 Å². The number of ether oxygens (including phenoxy) is 3. The summed E-state index contributed by atoms with van der Waals surface area (Å²) >= 11 is 0. The third-order valence-electron chi connectivity index (χ3n) is 4.24. The Hall–Kier alpha value is -0.730. The number of rotatable bonds is 7. The first-order valence-corrected chi connectivity index (χ1v) is 9.84. The number of methoxy groups -OCH3 is 3. The molecule has 7 nitrogen and oxygen atoms in total. The molecule has 2 aromatic rings. The molecule has 3 rings (SSSR count). The molecule has 0 unspecified atom stereocenters. The molecule has 0 spiro atoms. The van der Waals surface area contributed by atoms with Gasteiger partial charge in [0.15, 0.2) is 11.5 Å². The molecule has 2 aromatic carbocycles. The first-order valence-electron chi connectivity index (χ1n) is 8.38. The maximum absolute atomic E-state index is 11.1. The second-order valence-corrected chi connectivity index (χ2v) is 7.11. The van der Waals surface area contributed by atoms with Gasteiger partial charge in [-0.05, 0) is 41.3 Å². The molecular weight excluding hydrogens is 429 g/mol. The molecule has 1 aliphatic rings. The molecule has 0 atom stereocenters. The Morgan fingerprint density at radius 1 is 0.867 bits per heavy atom. The van der Waals surface area contributed by atoms with Crippen LogP contribution >= 0.6 is 7.82 Å². The largest absolute Gasteiger partial charge is 1.00 e. The van der Waals surface area contributed by atoms with E-state index in [4.69, 9.17) is 14.2 Å². The summed E-state index contributed by atoms with van der Waals surface area (Å²) in [5.74, 6) is 1.55. The Kier molecular flexibility index (Phi) is 10.7. The minimum Gasteiger partial charge on any atom is -0.780 e. The van der Waals surface area contributed by atoms with Crippen molar-refractivity contribution in [3.05, 3.63) is 52.6 Å². The van der Waals surface area contributed by atoms with E-state index in [9.17, 15) is 14.4 Å². The van der Waals surface area contributed by atoms with E-state index in [0.717, 1.165) is 11.1 Å². The normalized spacial score (nSPS) is 12.0. The van der Waals surface area contributed by atoms with Crippen LogP contribution in [-0.4, -0.2) is 21.3 Å². The van der Waals surface area contributed by atoms with Crippen molar-refractivity contribution in [2.75, 3.05) is 21.3 Å². The number of fused-ring (bicyclic) bond motifs is 1. The van der Waals surface area contributed by atoms with Gasteiger partial charge >= 0.3 is 59.1 Å². The first kappa shape index (κ1) is 27.3. The van der Waals surface area contributed by atoms with Gasteiger partial charge in [0.05, 0.1) is 21.3 Å². The molecule has 148 valence electrons. The molecule has 0 aliphatic heterocycles. The van der Waals surface area contributed by atoms with Crippen molar-refractivity contribution in [3.8, 4) is 23.0 Å². The fourth-order valence-corrected chi connectivity index (χ4v) is 3.44. The Morgan fingerprint density at radius 3 is 1.90 bits per heavy atom. The summed E-state index contributed by atoms with van der Waals surface area (Å²) in [7, 11) is -0.556. The Labute approximate surface area is 219 Å². The molecule has 0 saturated carbocycles. The maximum atomic E-state index is 11.1. The summed E-state index contributed by atoms with van der Waals surface area (Å²) in [4.78, 5) is 22.1. The van der Waals surface area contributed by atoms with Crippen molar-refractivity contribution >= 4 is 26.1 Å². The molecule has 30 heavy (non-hydrogen) atoms. The summed E-state index contributed by atoms with van der Waals surface area (Å²) in [5.41, 5.74) is 2.97. The quantitative estimate of drug-likeness (QED) is 0.248. The van der Waals surface area contributed by atoms with E-state index in [1.165, 1.54) is 27.4 Å². The number of hydrogen-bond acceptors (Lipinski definition) is 7. The van der Waals surface area contributed by atoms with Crippen LogP contribution in [0.3, 0.4) is 0 Å². The molecule has 0 saturated heterocycles. The predicted molar refractivity (Wildman–Crippen MR) is 102 cm³/mol. The van der Waals surface area contributed by atoms with Gasteiger partial charge in [0, 0.05) is 5.56 Å². The SMILES string of the molecule is COc1cc(/C=C\c2cc3c(c(OP(=O)([O-])[O-])c2)C=CC3)cc(OC)c1OC.[Na+].[Na+]. The molecule has 0 aromatic heterocycles. The Morgan fingerprint density at radius 2 is 1.40 bits per heavy atom. The Bertz CT molecular complexity index is 974. The van der Waals surface area contributed by atoms with Gasteiger partial charge in [-0.25, -0.2) is 0 Å². The number of allylic oxidation sites excluding steroid dienone is 1. The van der Waals surface area contributed by atoms with E-state index >= 15 is 0 Å². The van der Waals surface area contributed by atoms with Crippen molar-refractivity contribution in [2.45, 2.75) is 6.42 Å². The zero-order valence-corrected chi connectivity index (χ0v) is 22.5. The van der Waals surface area contributed by atoms with E-state index < -0.39 is 7.82 Å². The van der Waals surface area contributed by atoms with Crippen molar-refractivity contribution in [1.29, 1.82) is 0 Å². The molecule has 0 heterocycles. The minimum atomic E-state index is -5.15. The van der Waals surface area contributed by atoms with E-state index in [-0.39, 0.29) is 64.9 Å². The maximum Gasteiger partial charge on any atom is 1.00 e. The summed E-state index contributed by atoms with van der Waals surface area (Å²) in [6, 6.07) is 7.00. The average molecular weight is 448 g/mol. The topological polar surface area (TPSA) is 100 Å². The summed E-state index contributed by atoms with van der Waals surface area (Å²) in [6.45, 7) is 0. The second kappa shape index (κ2) is 11.8. The van der Waals surface area contributed by atoms with Crippen LogP contribution in [0.25, 0.3) is 18.2 Å². The molecule has 1 aliphatic carbocycles. The molecule has 0 fully saturated rings. The van der Waals surface area contributed by atoms with Gasteiger partial charge in [-0.15, -0.1) is 0 Å². The molecule has 0 radical (unpaired) electrons. The standard InChI is InChI=1S/C20H21O7P.2Na/c1-24-18-11-14(12-19(25-2)20(18)26-3)8-7-13-9-15-5-4-6-16(15)17(10-13)27-28(21,22)23;;/h4,6-12H,5H2,1-3H3,(H2,21,22,23);;/q;2*+1/p-2/b8-7-;;. The number of phosphoric acid groups is 1. The zero-order valence-electron chi connectivity index (χ0n) is 17.6. The van der Waals surface area contributed by atoms with Crippen LogP contribution in [0, 0.1) is 0 Å². The third kappa shape index (κ3) is 6.63. The number of benzene rings is 2. The number of hydrogen-bond donors (Lipinski definition) is 0. The third-order valence-corrected chi connectivity index (χ3v) is 4.66. The fourth-order valence-electron chi connectivity index (χ4n) is 3.05. The van der Waals surface area contributed by atoms with Crippen molar-refractivity contribution in [3.63, 3.8) is 0 Å². The zero-order chi connectivity index (χ0) is 20.3. The van der Waals surface area contributed by atoms with Gasteiger partial charge in [0.2, 0.25) is 5.75 Å². The van der Waals surface area contributed by atoms with Gasteiger partial charge in [0.1, 0.15) is 13.6 Å². The molecule has 10 heteroatoms. The average Bonchev–Trinajstić information content (AvgIpc) is 3.13. The molecule has 0 amide bonds. The van der Waals surface area contributed by atoms with Gasteiger partial charge in [-0.3, -0.25) is 0 Å². The van der Waals surface area contributed by atoms with E-state index in [1.54, 1.807) is 24.3 Å². The predicted octanol–water partition coefficient (Wildman–Crippen LogP) is -3.33. The van der Waals surface area contributed by atoms with Crippen molar-refractivity contribution < 1.29 is 92.2 Å². The van der Waals surface area contributed by atoms with E-state index in [1.807, 2.05) is 18.2 Å². The molecular formula is C20H19Na2O7P. The van der Waals surface area contributed by atoms with Crippen LogP contribution in [0.15, 0.2) is 30.3 Å². The van der Waals surface area contributed by atoms with E-state index in [2.05, 4.69) is 4.52 Å². The van der Waals surface area contributed by atoms with Crippen LogP contribution in [-0.2, 0) is 11.0 Å². The van der Waals surface area contributed by atoms with Gasteiger partial charge in [0.25, 0.3) is 0 Å². The molecule has 0 N–H and O–H groups in total. The van der Waals surface area contributed by atoms with Crippen LogP contribution < -0.4 is 87.6 Å². The summed E-state index contributed by atoms with van der Waals surface area (Å²) < 4.78 is 31.7. The fraction of sp³-hybridized carbons (Fsp3) is 0.200. The Balaban J connectivity index is 0.00000225. The smallest absolute Gasteiger partial charge is 0.780 e. The second-order valence-electron chi connectivity index (χ2n) is 6.03. The van der Waals surface area contributed by atoms with Crippen LogP contribution in [0.4, 0.5) is 0 Å². The minimum absolute atomic E-state index is 0. The van der Waals surface area contributed by atoms with E-state index in [0.29, 0.717) is 34.8 Å². The summed E-state index contributed by atoms with van der Waals surface area (Å²) in [5, 5.41) is 0. The first-order chi connectivity index (χ1) is 13.3. The number of phosphoric ester groups is 1. The van der Waals surface area contributed by atoms with Crippen molar-refractivity contribution in [1.82, 2.24) is 0 Å².